The van der Waals surface area contributed by atoms with Crippen LogP contribution in [-0.4, -0.2) is 29.0 Å². The van der Waals surface area contributed by atoms with Crippen LogP contribution in [0.1, 0.15) is 11.4 Å². The van der Waals surface area contributed by atoms with Crippen LogP contribution in [0.5, 0.6) is 5.75 Å². The number of hydrogen-bond donors (Lipinski definition) is 1. The number of nitrogens with one attached hydrogen (secondary N) is 1. The second kappa shape index (κ2) is 7.56. The van der Waals surface area contributed by atoms with Gasteiger partial charge in [-0.1, -0.05) is 27.5 Å². The monoisotopic (exact) mass is 421 g/mol. The number of hydrogen-bond acceptors (Lipinski definition) is 4. The van der Waals surface area contributed by atoms with Crippen LogP contribution in [0.2, 0.25) is 5.02 Å². The van der Waals surface area contributed by atoms with Gasteiger partial charge >= 0.3 is 0 Å². The average Bonchev–Trinajstić information content (AvgIpc) is 2.54. The minimum Gasteiger partial charge on any atom is -0.496 e. The van der Waals surface area contributed by atoms with Crippen LogP contribution in [0, 0.1) is 0 Å². The molecule has 0 atom stereocenters. The van der Waals surface area contributed by atoms with Gasteiger partial charge in [0.05, 0.1) is 24.6 Å². The Morgan fingerprint density at radius 1 is 1.24 bits per heavy atom. The third-order valence-electron chi connectivity index (χ3n) is 3.82. The molecule has 1 N–H and O–H groups in total. The van der Waals surface area contributed by atoms with Crippen molar-refractivity contribution >= 4 is 38.4 Å². The van der Waals surface area contributed by atoms with Gasteiger partial charge in [-0.25, -0.2) is 4.98 Å². The zero-order valence-corrected chi connectivity index (χ0v) is 16.2. The zero-order chi connectivity index (χ0) is 18.0. The summed E-state index contributed by atoms with van der Waals surface area (Å²) in [6.07, 6.45) is 0. The fourth-order valence-electron chi connectivity index (χ4n) is 2.71. The Kier molecular flexibility index (Phi) is 5.42. The smallest absolute Gasteiger partial charge is 0.258 e. The fraction of sp³-hybridized carbons (Fsp3) is 0.222. The highest BCUT2D eigenvalue weighted by atomic mass is 79.9. The fourth-order valence-corrected chi connectivity index (χ4v) is 3.28. The van der Waals surface area contributed by atoms with E-state index in [1.165, 1.54) is 0 Å². The van der Waals surface area contributed by atoms with E-state index in [9.17, 15) is 4.79 Å². The molecule has 0 aliphatic heterocycles. The van der Waals surface area contributed by atoms with Gasteiger partial charge in [-0.3, -0.25) is 9.69 Å². The molecule has 3 rings (SSSR count). The normalized spacial score (nSPS) is 11.2. The summed E-state index contributed by atoms with van der Waals surface area (Å²) in [4.78, 5) is 21.6. The number of H-pyrrole nitrogens is 1. The minimum absolute atomic E-state index is 0.162. The molecule has 0 fully saturated rings. The molecule has 5 nitrogen and oxygen atoms in total. The van der Waals surface area contributed by atoms with Crippen molar-refractivity contribution < 1.29 is 4.74 Å². The lowest BCUT2D eigenvalue weighted by Gasteiger charge is -2.18. The summed E-state index contributed by atoms with van der Waals surface area (Å²) in [6.45, 7) is 1.15. The highest BCUT2D eigenvalue weighted by Gasteiger charge is 2.10. The van der Waals surface area contributed by atoms with Crippen molar-refractivity contribution in [1.29, 1.82) is 0 Å². The van der Waals surface area contributed by atoms with Crippen molar-refractivity contribution in [2.45, 2.75) is 13.1 Å². The van der Waals surface area contributed by atoms with Crippen LogP contribution in [0.15, 0.2) is 45.7 Å². The van der Waals surface area contributed by atoms with E-state index >= 15 is 0 Å². The number of ether oxygens (including phenoxy) is 1. The van der Waals surface area contributed by atoms with E-state index in [-0.39, 0.29) is 5.56 Å². The first-order valence-electron chi connectivity index (χ1n) is 7.65. The molecule has 1 aromatic heterocycles. The topological polar surface area (TPSA) is 58.2 Å². The number of benzene rings is 2. The molecule has 0 aliphatic carbocycles. The van der Waals surface area contributed by atoms with Crippen molar-refractivity contribution in [3.63, 3.8) is 0 Å². The van der Waals surface area contributed by atoms with Gasteiger partial charge in [0, 0.05) is 21.6 Å². The van der Waals surface area contributed by atoms with Crippen molar-refractivity contribution in [1.82, 2.24) is 14.9 Å². The first-order chi connectivity index (χ1) is 12.0. The van der Waals surface area contributed by atoms with E-state index in [1.54, 1.807) is 25.3 Å². The van der Waals surface area contributed by atoms with Crippen molar-refractivity contribution in [2.75, 3.05) is 14.2 Å². The Bertz CT molecular complexity index is 974. The number of aromatic nitrogens is 2. The largest absolute Gasteiger partial charge is 0.496 e. The number of rotatable bonds is 5. The second-order valence-corrected chi connectivity index (χ2v) is 7.15. The molecule has 0 unspecified atom stereocenters. The van der Waals surface area contributed by atoms with Gasteiger partial charge < -0.3 is 9.72 Å². The van der Waals surface area contributed by atoms with Crippen LogP contribution in [0.4, 0.5) is 0 Å². The van der Waals surface area contributed by atoms with Crippen LogP contribution < -0.4 is 10.3 Å². The van der Waals surface area contributed by atoms with Gasteiger partial charge in [-0.2, -0.15) is 0 Å². The molecule has 3 aromatic rings. The number of methoxy groups -OCH3 is 1. The average molecular weight is 423 g/mol. The first-order valence-corrected chi connectivity index (χ1v) is 8.83. The van der Waals surface area contributed by atoms with E-state index in [1.807, 2.05) is 25.2 Å². The van der Waals surface area contributed by atoms with E-state index in [2.05, 4.69) is 30.8 Å². The highest BCUT2D eigenvalue weighted by molar-refractivity contribution is 9.10. The molecule has 0 aliphatic rings. The molecule has 0 saturated carbocycles. The quantitative estimate of drug-likeness (QED) is 0.676. The number of halogens is 2. The lowest BCUT2D eigenvalue weighted by atomic mass is 10.2. The molecule has 0 radical (unpaired) electrons. The van der Waals surface area contributed by atoms with Gasteiger partial charge in [0.2, 0.25) is 0 Å². The predicted octanol–water partition coefficient (Wildman–Crippen LogP) is 3.98. The van der Waals surface area contributed by atoms with Gasteiger partial charge in [-0.15, -0.1) is 0 Å². The number of fused-ring (bicyclic) bond motifs is 1. The summed E-state index contributed by atoms with van der Waals surface area (Å²) in [6, 6.07) is 11.0. The molecule has 0 amide bonds. The lowest BCUT2D eigenvalue weighted by molar-refractivity contribution is 0.302. The maximum Gasteiger partial charge on any atom is 0.258 e. The van der Waals surface area contributed by atoms with E-state index in [0.29, 0.717) is 34.8 Å². The second-order valence-electron chi connectivity index (χ2n) is 5.80. The molecule has 130 valence electrons. The molecular weight excluding hydrogens is 406 g/mol. The zero-order valence-electron chi connectivity index (χ0n) is 13.8. The number of aromatic amines is 1. The molecule has 2 aromatic carbocycles. The third-order valence-corrected chi connectivity index (χ3v) is 4.55. The molecule has 1 heterocycles. The maximum absolute atomic E-state index is 12.2. The Morgan fingerprint density at radius 2 is 2.04 bits per heavy atom. The summed E-state index contributed by atoms with van der Waals surface area (Å²) >= 11 is 9.48. The summed E-state index contributed by atoms with van der Waals surface area (Å²) in [5.74, 6) is 1.41. The summed E-state index contributed by atoms with van der Waals surface area (Å²) < 4.78 is 6.40. The molecule has 25 heavy (non-hydrogen) atoms. The number of nitrogens with zero attached hydrogens (tertiary/aromatic N) is 2. The molecule has 0 bridgehead atoms. The van der Waals surface area contributed by atoms with Crippen LogP contribution >= 0.6 is 27.5 Å². The van der Waals surface area contributed by atoms with E-state index < -0.39 is 0 Å². The Hall–Kier alpha value is -1.89. The first kappa shape index (κ1) is 17.9. The van der Waals surface area contributed by atoms with Crippen LogP contribution in [0.25, 0.3) is 10.9 Å². The SMILES string of the molecule is COc1ccc(Br)cc1CN(C)Cc1nc2cc(Cl)ccc2c(=O)[nH]1. The molecule has 0 spiro atoms. The minimum atomic E-state index is -0.162. The maximum atomic E-state index is 12.2. The van der Waals surface area contributed by atoms with Gasteiger partial charge in [0.15, 0.2) is 0 Å². The lowest BCUT2D eigenvalue weighted by Crippen LogP contribution is -2.22. The van der Waals surface area contributed by atoms with Crippen molar-refractivity contribution in [3.8, 4) is 5.75 Å². The van der Waals surface area contributed by atoms with E-state index in [0.717, 1.165) is 15.8 Å². The molecular formula is C18H17BrClN3O2. The van der Waals surface area contributed by atoms with Crippen molar-refractivity contribution in [3.05, 3.63) is 67.6 Å². The Labute approximate surface area is 158 Å². The van der Waals surface area contributed by atoms with Crippen molar-refractivity contribution in [2.24, 2.45) is 0 Å². The summed E-state index contributed by atoms with van der Waals surface area (Å²) in [5, 5.41) is 1.09. The Morgan fingerprint density at radius 3 is 2.80 bits per heavy atom. The Balaban J connectivity index is 1.84. The summed E-state index contributed by atoms with van der Waals surface area (Å²) in [7, 11) is 3.61. The highest BCUT2D eigenvalue weighted by Crippen LogP contribution is 2.24. The van der Waals surface area contributed by atoms with Gasteiger partial charge in [-0.05, 0) is 43.4 Å². The van der Waals surface area contributed by atoms with Gasteiger partial charge in [0.25, 0.3) is 5.56 Å². The van der Waals surface area contributed by atoms with Crippen LogP contribution in [-0.2, 0) is 13.1 Å². The summed E-state index contributed by atoms with van der Waals surface area (Å²) in [5.41, 5.74) is 1.48. The molecule has 7 heteroatoms. The molecule has 0 saturated heterocycles. The predicted molar refractivity (Wildman–Crippen MR) is 103 cm³/mol. The van der Waals surface area contributed by atoms with Gasteiger partial charge in [0.1, 0.15) is 11.6 Å². The standard InChI is InChI=1S/C18H17BrClN3O2/c1-23(9-11-7-12(19)3-6-16(11)25-2)10-17-21-15-8-13(20)4-5-14(15)18(24)22-17/h3-8H,9-10H2,1-2H3,(H,21,22,24). The van der Waals surface area contributed by atoms with E-state index in [4.69, 9.17) is 16.3 Å². The van der Waals surface area contributed by atoms with Crippen LogP contribution in [0.3, 0.4) is 0 Å². The third kappa shape index (κ3) is 4.21.